The van der Waals surface area contributed by atoms with Crippen molar-refractivity contribution in [3.8, 4) is 5.75 Å². The topological polar surface area (TPSA) is 78.9 Å². The second kappa shape index (κ2) is 10.1. The highest BCUT2D eigenvalue weighted by Gasteiger charge is 2.27. The van der Waals surface area contributed by atoms with Crippen LogP contribution < -0.4 is 10.1 Å². The summed E-state index contributed by atoms with van der Waals surface area (Å²) in [7, 11) is -1.55. The van der Waals surface area contributed by atoms with E-state index < -0.39 is 10.0 Å². The number of ether oxygens (including phenoxy) is 1. The van der Waals surface area contributed by atoms with E-state index >= 15 is 0 Å². The van der Waals surface area contributed by atoms with Crippen LogP contribution in [0.25, 0.3) is 0 Å². The van der Waals surface area contributed by atoms with Crippen LogP contribution in [0.3, 0.4) is 0 Å². The molecule has 31 heavy (non-hydrogen) atoms. The van der Waals surface area contributed by atoms with Crippen LogP contribution in [0.2, 0.25) is 0 Å². The molecule has 1 heterocycles. The molecule has 0 spiro atoms. The fraction of sp³-hybridized carbons (Fsp3) is 0.409. The van der Waals surface area contributed by atoms with E-state index in [4.69, 9.17) is 4.74 Å². The van der Waals surface area contributed by atoms with Crippen molar-refractivity contribution in [3.05, 3.63) is 52.5 Å². The highest BCUT2D eigenvalue weighted by Crippen LogP contribution is 2.29. The molecule has 1 N–H and O–H groups in total. The fourth-order valence-electron chi connectivity index (χ4n) is 3.33. The lowest BCUT2D eigenvalue weighted by Gasteiger charge is -2.31. The minimum atomic E-state index is -3.53. The summed E-state index contributed by atoms with van der Waals surface area (Å²) in [4.78, 5) is 14.6. The maximum Gasteiger partial charge on any atom is 0.262 e. The minimum Gasteiger partial charge on any atom is -0.483 e. The average molecular weight is 510 g/mol. The summed E-state index contributed by atoms with van der Waals surface area (Å²) in [5.74, 6) is 0.611. The number of hydrogen-bond donors (Lipinski definition) is 1. The molecule has 1 aliphatic rings. The van der Waals surface area contributed by atoms with E-state index in [0.717, 1.165) is 10.0 Å². The number of nitrogens with zero attached hydrogens (tertiary/aromatic N) is 2. The SMILES string of the molecule is CC(C)c1cc(Br)ccc1OCC(=O)Nc1ccc(S(=O)(=O)N2CCN(C)CC2)cc1. The van der Waals surface area contributed by atoms with Gasteiger partial charge in [0.1, 0.15) is 5.75 Å². The Balaban J connectivity index is 1.59. The molecule has 0 atom stereocenters. The second-order valence-corrected chi connectivity index (χ2v) is 10.8. The molecule has 0 saturated carbocycles. The summed E-state index contributed by atoms with van der Waals surface area (Å²) in [6.07, 6.45) is 0. The molecule has 9 heteroatoms. The van der Waals surface area contributed by atoms with Gasteiger partial charge in [-0.25, -0.2) is 8.42 Å². The number of carbonyl (C=O) groups is 1. The van der Waals surface area contributed by atoms with Gasteiger partial charge in [-0.15, -0.1) is 0 Å². The molecule has 1 amide bonds. The molecule has 0 bridgehead atoms. The number of anilines is 1. The largest absolute Gasteiger partial charge is 0.483 e. The minimum absolute atomic E-state index is 0.136. The van der Waals surface area contributed by atoms with Gasteiger partial charge in [-0.2, -0.15) is 4.31 Å². The molecule has 168 valence electrons. The molecule has 0 radical (unpaired) electrons. The summed E-state index contributed by atoms with van der Waals surface area (Å²) in [5, 5.41) is 2.75. The first-order chi connectivity index (χ1) is 14.7. The number of carbonyl (C=O) groups excluding carboxylic acids is 1. The molecule has 7 nitrogen and oxygen atoms in total. The van der Waals surface area contributed by atoms with Crippen molar-refractivity contribution in [3.63, 3.8) is 0 Å². The standard InChI is InChI=1S/C22H28BrN3O4S/c1-16(2)20-14-17(23)4-9-21(20)30-15-22(27)24-18-5-7-19(8-6-18)31(28,29)26-12-10-25(3)11-13-26/h4-9,14,16H,10-13,15H2,1-3H3,(H,24,27). The third kappa shape index (κ3) is 6.06. The Bertz CT molecular complexity index is 1020. The van der Waals surface area contributed by atoms with Crippen LogP contribution in [0, 0.1) is 0 Å². The Morgan fingerprint density at radius 2 is 1.74 bits per heavy atom. The Hall–Kier alpha value is -1.94. The predicted molar refractivity (Wildman–Crippen MR) is 125 cm³/mol. The van der Waals surface area contributed by atoms with Crippen LogP contribution in [-0.2, 0) is 14.8 Å². The van der Waals surface area contributed by atoms with Gasteiger partial charge in [0, 0.05) is 36.3 Å². The first-order valence-electron chi connectivity index (χ1n) is 10.2. The molecule has 0 unspecified atom stereocenters. The zero-order valence-electron chi connectivity index (χ0n) is 18.0. The van der Waals surface area contributed by atoms with Crippen molar-refractivity contribution in [2.45, 2.75) is 24.7 Å². The number of benzene rings is 2. The van der Waals surface area contributed by atoms with Crippen LogP contribution >= 0.6 is 15.9 Å². The van der Waals surface area contributed by atoms with Gasteiger partial charge in [-0.3, -0.25) is 4.79 Å². The summed E-state index contributed by atoms with van der Waals surface area (Å²) in [6.45, 7) is 6.36. The molecule has 2 aromatic carbocycles. The third-order valence-electron chi connectivity index (χ3n) is 5.19. The lowest BCUT2D eigenvalue weighted by molar-refractivity contribution is -0.118. The maximum absolute atomic E-state index is 12.8. The van der Waals surface area contributed by atoms with Gasteiger partial charge in [-0.1, -0.05) is 29.8 Å². The van der Waals surface area contributed by atoms with Crippen molar-refractivity contribution in [1.82, 2.24) is 9.21 Å². The molecule has 3 rings (SSSR count). The van der Waals surface area contributed by atoms with Crippen LogP contribution in [0.1, 0.15) is 25.3 Å². The quantitative estimate of drug-likeness (QED) is 0.617. The zero-order valence-corrected chi connectivity index (χ0v) is 20.4. The maximum atomic E-state index is 12.8. The van der Waals surface area contributed by atoms with Gasteiger partial charge in [0.15, 0.2) is 6.61 Å². The predicted octanol–water partition coefficient (Wildman–Crippen LogP) is 3.53. The van der Waals surface area contributed by atoms with Crippen LogP contribution in [-0.4, -0.2) is 63.4 Å². The molecule has 1 saturated heterocycles. The van der Waals surface area contributed by atoms with Crippen LogP contribution in [0.5, 0.6) is 5.75 Å². The lowest BCUT2D eigenvalue weighted by atomic mass is 10.0. The average Bonchev–Trinajstić information content (AvgIpc) is 2.73. The number of piperazine rings is 1. The molecule has 0 aromatic heterocycles. The van der Waals surface area contributed by atoms with Gasteiger partial charge in [0.05, 0.1) is 4.90 Å². The monoisotopic (exact) mass is 509 g/mol. The fourth-order valence-corrected chi connectivity index (χ4v) is 5.13. The van der Waals surface area contributed by atoms with Gasteiger partial charge < -0.3 is 15.0 Å². The zero-order chi connectivity index (χ0) is 22.6. The summed E-state index contributed by atoms with van der Waals surface area (Å²) in [6, 6.07) is 11.9. The van der Waals surface area contributed by atoms with E-state index in [1.807, 2.05) is 25.2 Å². The summed E-state index contributed by atoms with van der Waals surface area (Å²) < 4.78 is 33.8. The van der Waals surface area contributed by atoms with Crippen molar-refractivity contribution in [2.75, 3.05) is 45.2 Å². The Morgan fingerprint density at radius 3 is 2.35 bits per heavy atom. The van der Waals surface area contributed by atoms with E-state index in [-0.39, 0.29) is 23.3 Å². The van der Waals surface area contributed by atoms with E-state index in [2.05, 4.69) is 40.0 Å². The van der Waals surface area contributed by atoms with Crippen molar-refractivity contribution in [2.24, 2.45) is 0 Å². The number of nitrogens with one attached hydrogen (secondary N) is 1. The van der Waals surface area contributed by atoms with Gasteiger partial charge in [-0.05, 0) is 61.0 Å². The second-order valence-electron chi connectivity index (χ2n) is 7.91. The van der Waals surface area contributed by atoms with Crippen molar-refractivity contribution >= 4 is 37.5 Å². The van der Waals surface area contributed by atoms with E-state index in [1.54, 1.807) is 12.1 Å². The molecule has 1 fully saturated rings. The highest BCUT2D eigenvalue weighted by molar-refractivity contribution is 9.10. The Kier molecular flexibility index (Phi) is 7.74. The molecular weight excluding hydrogens is 482 g/mol. The first-order valence-corrected chi connectivity index (χ1v) is 12.4. The molecule has 2 aromatic rings. The number of likely N-dealkylation sites (N-methyl/N-ethyl adjacent to an activating group) is 1. The number of hydrogen-bond acceptors (Lipinski definition) is 5. The summed E-state index contributed by atoms with van der Waals surface area (Å²) in [5.41, 5.74) is 1.53. The third-order valence-corrected chi connectivity index (χ3v) is 7.60. The van der Waals surface area contributed by atoms with E-state index in [1.165, 1.54) is 16.4 Å². The van der Waals surface area contributed by atoms with Gasteiger partial charge in [0.2, 0.25) is 10.0 Å². The molecular formula is C22H28BrN3O4S. The summed E-state index contributed by atoms with van der Waals surface area (Å²) >= 11 is 3.45. The first kappa shape index (κ1) is 23.7. The smallest absolute Gasteiger partial charge is 0.262 e. The van der Waals surface area contributed by atoms with Crippen molar-refractivity contribution < 1.29 is 17.9 Å². The Morgan fingerprint density at radius 1 is 1.10 bits per heavy atom. The number of rotatable bonds is 7. The lowest BCUT2D eigenvalue weighted by Crippen LogP contribution is -2.46. The van der Waals surface area contributed by atoms with E-state index in [9.17, 15) is 13.2 Å². The number of halogens is 1. The van der Waals surface area contributed by atoms with Crippen molar-refractivity contribution in [1.29, 1.82) is 0 Å². The normalized spacial score (nSPS) is 15.8. The van der Waals surface area contributed by atoms with Crippen LogP contribution in [0.4, 0.5) is 5.69 Å². The van der Waals surface area contributed by atoms with Gasteiger partial charge >= 0.3 is 0 Å². The molecule has 1 aliphatic heterocycles. The molecule has 0 aliphatic carbocycles. The van der Waals surface area contributed by atoms with Crippen LogP contribution in [0.15, 0.2) is 51.8 Å². The number of sulfonamides is 1. The van der Waals surface area contributed by atoms with Gasteiger partial charge in [0.25, 0.3) is 5.91 Å². The number of amides is 1. The Labute approximate surface area is 192 Å². The highest BCUT2D eigenvalue weighted by atomic mass is 79.9. The van der Waals surface area contributed by atoms with E-state index in [0.29, 0.717) is 37.6 Å².